The molecule has 2 aliphatic carbocycles. The third kappa shape index (κ3) is 4.41. The highest BCUT2D eigenvalue weighted by molar-refractivity contribution is 14.1. The van der Waals surface area contributed by atoms with Crippen LogP contribution >= 0.6 is 22.6 Å². The summed E-state index contributed by atoms with van der Waals surface area (Å²) in [6.07, 6.45) is 10.5. The number of hydrogen-bond acceptors (Lipinski definition) is 1. The number of hydrogen-bond donors (Lipinski definition) is 0. The Morgan fingerprint density at radius 2 is 1.50 bits per heavy atom. The molecule has 2 aliphatic rings. The van der Waals surface area contributed by atoms with Crippen LogP contribution in [0.25, 0.3) is 0 Å². The van der Waals surface area contributed by atoms with Crippen molar-refractivity contribution < 1.29 is 13.5 Å². The topological polar surface area (TPSA) is 9.23 Å². The molecule has 1 nitrogen and oxygen atoms in total. The molecule has 0 saturated heterocycles. The van der Waals surface area contributed by atoms with Gasteiger partial charge in [-0.25, -0.2) is 4.39 Å². The van der Waals surface area contributed by atoms with E-state index < -0.39 is 11.6 Å². The Balaban J connectivity index is 1.45. The Bertz CT molecular complexity index is 547. The van der Waals surface area contributed by atoms with Gasteiger partial charge in [0.05, 0.1) is 10.2 Å². The van der Waals surface area contributed by atoms with E-state index in [9.17, 15) is 8.78 Å². The van der Waals surface area contributed by atoms with E-state index in [4.69, 9.17) is 4.74 Å². The SMILES string of the molecule is CC1CCC(C2CCC(COc3ccc(I)c(F)c3F)CC2)CC1. The minimum absolute atomic E-state index is 0.0521. The van der Waals surface area contributed by atoms with Crippen LogP contribution in [0.3, 0.4) is 0 Å². The van der Waals surface area contributed by atoms with Crippen LogP contribution in [0, 0.1) is 38.9 Å². The molecule has 2 saturated carbocycles. The third-order valence-electron chi connectivity index (χ3n) is 6.09. The van der Waals surface area contributed by atoms with E-state index >= 15 is 0 Å². The van der Waals surface area contributed by atoms with Gasteiger partial charge in [0.2, 0.25) is 5.82 Å². The summed E-state index contributed by atoms with van der Waals surface area (Å²) in [5, 5.41) is 0. The van der Waals surface area contributed by atoms with E-state index in [0.29, 0.717) is 16.1 Å². The molecule has 0 heterocycles. The average molecular weight is 448 g/mol. The zero-order valence-corrected chi connectivity index (χ0v) is 16.5. The molecule has 0 aromatic heterocycles. The molecule has 4 heteroatoms. The second-order valence-corrected chi connectivity index (χ2v) is 8.95. The minimum atomic E-state index is -0.855. The van der Waals surface area contributed by atoms with E-state index in [0.717, 1.165) is 30.6 Å². The lowest BCUT2D eigenvalue weighted by Gasteiger charge is -2.37. The van der Waals surface area contributed by atoms with Crippen molar-refractivity contribution in [2.24, 2.45) is 23.7 Å². The van der Waals surface area contributed by atoms with Crippen molar-refractivity contribution in [3.05, 3.63) is 27.3 Å². The summed E-state index contributed by atoms with van der Waals surface area (Å²) in [5.74, 6) is 1.58. The molecule has 0 spiro atoms. The Morgan fingerprint density at radius 1 is 0.917 bits per heavy atom. The number of ether oxygens (including phenoxy) is 1. The Hall–Kier alpha value is -0.390. The van der Waals surface area contributed by atoms with Crippen LogP contribution < -0.4 is 4.74 Å². The molecule has 134 valence electrons. The molecule has 0 aliphatic heterocycles. The Morgan fingerprint density at radius 3 is 2.12 bits per heavy atom. The molecule has 24 heavy (non-hydrogen) atoms. The average Bonchev–Trinajstić information content (AvgIpc) is 2.60. The first kappa shape index (κ1) is 18.4. The van der Waals surface area contributed by atoms with Gasteiger partial charge in [0.1, 0.15) is 0 Å². The molecular weight excluding hydrogens is 421 g/mol. The van der Waals surface area contributed by atoms with Gasteiger partial charge in [0.25, 0.3) is 0 Å². The second kappa shape index (κ2) is 8.33. The molecule has 1 aromatic rings. The quantitative estimate of drug-likeness (QED) is 0.374. The highest BCUT2D eigenvalue weighted by Crippen LogP contribution is 2.41. The van der Waals surface area contributed by atoms with Crippen molar-refractivity contribution in [3.63, 3.8) is 0 Å². The standard InChI is InChI=1S/C20H27F2IO/c1-13-2-6-15(7-3-13)16-8-4-14(5-9-16)12-24-18-11-10-17(23)19(21)20(18)22/h10-11,13-16H,2-9,12H2,1H3. The molecule has 0 unspecified atom stereocenters. The summed E-state index contributed by atoms with van der Waals surface area (Å²) in [5.41, 5.74) is 0. The fourth-order valence-electron chi connectivity index (χ4n) is 4.41. The minimum Gasteiger partial charge on any atom is -0.490 e. The maximum atomic E-state index is 13.8. The first-order valence-electron chi connectivity index (χ1n) is 9.31. The largest absolute Gasteiger partial charge is 0.490 e. The molecule has 3 rings (SSSR count). The lowest BCUT2D eigenvalue weighted by Crippen LogP contribution is -2.27. The highest BCUT2D eigenvalue weighted by atomic mass is 127. The van der Waals surface area contributed by atoms with Crippen LogP contribution in [0.15, 0.2) is 12.1 Å². The zero-order chi connectivity index (χ0) is 17.1. The van der Waals surface area contributed by atoms with Crippen LogP contribution in [0.2, 0.25) is 0 Å². The summed E-state index contributed by atoms with van der Waals surface area (Å²) < 4.78 is 33.3. The third-order valence-corrected chi connectivity index (χ3v) is 6.93. The van der Waals surface area contributed by atoms with Crippen molar-refractivity contribution in [2.75, 3.05) is 6.61 Å². The van der Waals surface area contributed by atoms with Crippen molar-refractivity contribution in [2.45, 2.75) is 58.3 Å². The van der Waals surface area contributed by atoms with Gasteiger partial charge < -0.3 is 4.74 Å². The van der Waals surface area contributed by atoms with E-state index in [1.165, 1.54) is 44.6 Å². The van der Waals surface area contributed by atoms with Gasteiger partial charge in [-0.1, -0.05) is 19.8 Å². The van der Waals surface area contributed by atoms with Gasteiger partial charge in [0.15, 0.2) is 11.6 Å². The summed E-state index contributed by atoms with van der Waals surface area (Å²) in [6, 6.07) is 3.10. The molecule has 0 radical (unpaired) electrons. The van der Waals surface area contributed by atoms with Gasteiger partial charge >= 0.3 is 0 Å². The molecule has 0 amide bonds. The van der Waals surface area contributed by atoms with Gasteiger partial charge in [-0.3, -0.25) is 0 Å². The first-order valence-corrected chi connectivity index (χ1v) is 10.4. The predicted molar refractivity (Wildman–Crippen MR) is 101 cm³/mol. The van der Waals surface area contributed by atoms with Crippen LogP contribution in [0.1, 0.15) is 58.3 Å². The monoisotopic (exact) mass is 448 g/mol. The summed E-state index contributed by atoms with van der Waals surface area (Å²) in [4.78, 5) is 0. The van der Waals surface area contributed by atoms with Gasteiger partial charge in [-0.2, -0.15) is 4.39 Å². The molecule has 0 N–H and O–H groups in total. The van der Waals surface area contributed by atoms with Crippen LogP contribution in [0.5, 0.6) is 5.75 Å². The summed E-state index contributed by atoms with van der Waals surface area (Å²) in [6.45, 7) is 2.88. The second-order valence-electron chi connectivity index (χ2n) is 7.79. The fraction of sp³-hybridized carbons (Fsp3) is 0.700. The van der Waals surface area contributed by atoms with Gasteiger partial charge in [-0.15, -0.1) is 0 Å². The summed E-state index contributed by atoms with van der Waals surface area (Å²) in [7, 11) is 0. The first-order chi connectivity index (χ1) is 11.5. The van der Waals surface area contributed by atoms with Crippen molar-refractivity contribution in [1.82, 2.24) is 0 Å². The van der Waals surface area contributed by atoms with Crippen molar-refractivity contribution >= 4 is 22.6 Å². The number of halogens is 3. The normalized spacial score (nSPS) is 31.0. The van der Waals surface area contributed by atoms with E-state index in [1.807, 2.05) is 0 Å². The van der Waals surface area contributed by atoms with E-state index in [2.05, 4.69) is 6.92 Å². The Labute approximate surface area is 157 Å². The number of benzene rings is 1. The number of rotatable bonds is 4. The van der Waals surface area contributed by atoms with Crippen LogP contribution in [-0.2, 0) is 0 Å². The maximum absolute atomic E-state index is 13.8. The molecule has 1 aromatic carbocycles. The van der Waals surface area contributed by atoms with Gasteiger partial charge in [0, 0.05) is 0 Å². The van der Waals surface area contributed by atoms with Crippen LogP contribution in [-0.4, -0.2) is 6.61 Å². The predicted octanol–water partition coefficient (Wildman–Crippen LogP) is 6.58. The maximum Gasteiger partial charge on any atom is 0.201 e. The molecule has 2 fully saturated rings. The van der Waals surface area contributed by atoms with E-state index in [-0.39, 0.29) is 5.75 Å². The Kier molecular flexibility index (Phi) is 6.38. The fourth-order valence-corrected chi connectivity index (χ4v) is 4.83. The lowest BCUT2D eigenvalue weighted by molar-refractivity contribution is 0.124. The van der Waals surface area contributed by atoms with Gasteiger partial charge in [-0.05, 0) is 96.9 Å². The van der Waals surface area contributed by atoms with Crippen LogP contribution in [0.4, 0.5) is 8.78 Å². The highest BCUT2D eigenvalue weighted by Gasteiger charge is 2.30. The molecule has 0 bridgehead atoms. The zero-order valence-electron chi connectivity index (χ0n) is 14.4. The smallest absolute Gasteiger partial charge is 0.201 e. The van der Waals surface area contributed by atoms with Crippen molar-refractivity contribution in [3.8, 4) is 5.75 Å². The molecular formula is C20H27F2IO. The van der Waals surface area contributed by atoms with E-state index in [1.54, 1.807) is 28.7 Å². The lowest BCUT2D eigenvalue weighted by atomic mass is 9.69. The molecule has 0 atom stereocenters. The summed E-state index contributed by atoms with van der Waals surface area (Å²) >= 11 is 1.79. The van der Waals surface area contributed by atoms with Crippen molar-refractivity contribution in [1.29, 1.82) is 0 Å².